The Kier molecular flexibility index (Phi) is 3.05. The Balaban J connectivity index is 2.23. The molecule has 2 N–H and O–H groups in total. The molecule has 0 aliphatic carbocycles. The average molecular weight is 280 g/mol. The average Bonchev–Trinajstić information content (AvgIpc) is 2.25. The summed E-state index contributed by atoms with van der Waals surface area (Å²) in [6, 6.07) is 5.43. The van der Waals surface area contributed by atoms with Crippen LogP contribution in [0.2, 0.25) is 0 Å². The minimum absolute atomic E-state index is 0.383. The molecule has 5 heteroatoms. The zero-order valence-electron chi connectivity index (χ0n) is 8.64. The van der Waals surface area contributed by atoms with Gasteiger partial charge in [-0.1, -0.05) is 0 Å². The monoisotopic (exact) mass is 279 g/mol. The van der Waals surface area contributed by atoms with E-state index in [4.69, 9.17) is 10.5 Å². The fraction of sp³-hybridized carbons (Fsp3) is 0.0909. The van der Waals surface area contributed by atoms with Gasteiger partial charge in [-0.3, -0.25) is 4.98 Å². The van der Waals surface area contributed by atoms with Crippen LogP contribution in [0.3, 0.4) is 0 Å². The molecule has 0 spiro atoms. The molecular weight excluding hydrogens is 270 g/mol. The highest BCUT2D eigenvalue weighted by atomic mass is 79.9. The number of nitrogens with zero attached hydrogens (tertiary/aromatic N) is 2. The van der Waals surface area contributed by atoms with Crippen molar-refractivity contribution in [2.75, 3.05) is 5.73 Å². The molecule has 0 saturated carbocycles. The highest BCUT2D eigenvalue weighted by Gasteiger charge is 2.04. The van der Waals surface area contributed by atoms with Crippen LogP contribution in [0.15, 0.2) is 35.1 Å². The van der Waals surface area contributed by atoms with Crippen molar-refractivity contribution < 1.29 is 4.74 Å². The van der Waals surface area contributed by atoms with E-state index in [1.54, 1.807) is 18.5 Å². The molecule has 0 saturated heterocycles. The predicted molar refractivity (Wildman–Crippen MR) is 65.4 cm³/mol. The first-order valence-corrected chi connectivity index (χ1v) is 5.46. The van der Waals surface area contributed by atoms with Crippen molar-refractivity contribution in [1.82, 2.24) is 9.97 Å². The highest BCUT2D eigenvalue weighted by molar-refractivity contribution is 9.10. The summed E-state index contributed by atoms with van der Waals surface area (Å²) >= 11 is 3.28. The molecule has 2 rings (SSSR count). The Hall–Kier alpha value is -1.62. The van der Waals surface area contributed by atoms with E-state index < -0.39 is 0 Å². The molecule has 0 radical (unpaired) electrons. The Labute approximate surface area is 102 Å². The predicted octanol–water partition coefficient (Wildman–Crippen LogP) is 2.92. The highest BCUT2D eigenvalue weighted by Crippen LogP contribution is 2.26. The molecule has 0 unspecified atom stereocenters. The van der Waals surface area contributed by atoms with Crippen molar-refractivity contribution >= 4 is 21.6 Å². The topological polar surface area (TPSA) is 61.0 Å². The summed E-state index contributed by atoms with van der Waals surface area (Å²) in [6.07, 6.45) is 3.27. The third-order valence-corrected chi connectivity index (χ3v) is 2.38. The van der Waals surface area contributed by atoms with E-state index in [1.165, 1.54) is 0 Å². The van der Waals surface area contributed by atoms with Crippen LogP contribution in [0.4, 0.5) is 5.69 Å². The second-order valence-corrected chi connectivity index (χ2v) is 4.20. The minimum Gasteiger partial charge on any atom is -0.435 e. The fourth-order valence-corrected chi connectivity index (χ4v) is 1.50. The molecule has 0 aromatic carbocycles. The van der Waals surface area contributed by atoms with E-state index in [-0.39, 0.29) is 0 Å². The lowest BCUT2D eigenvalue weighted by Crippen LogP contribution is -1.95. The SMILES string of the molecule is Cc1ccc(Oc2ncc(Br)cc2N)cn1. The summed E-state index contributed by atoms with van der Waals surface area (Å²) in [4.78, 5) is 8.19. The number of anilines is 1. The van der Waals surface area contributed by atoms with Crippen LogP contribution in [0.25, 0.3) is 0 Å². The quantitative estimate of drug-likeness (QED) is 0.918. The molecule has 0 amide bonds. The summed E-state index contributed by atoms with van der Waals surface area (Å²) in [5, 5.41) is 0. The van der Waals surface area contributed by atoms with Crippen molar-refractivity contribution in [3.05, 3.63) is 40.8 Å². The first-order chi connectivity index (χ1) is 7.65. The zero-order chi connectivity index (χ0) is 11.5. The molecule has 0 atom stereocenters. The normalized spacial score (nSPS) is 10.1. The Morgan fingerprint density at radius 1 is 1.25 bits per heavy atom. The van der Waals surface area contributed by atoms with Crippen molar-refractivity contribution in [2.24, 2.45) is 0 Å². The summed E-state index contributed by atoms with van der Waals surface area (Å²) in [5.41, 5.74) is 7.18. The van der Waals surface area contributed by atoms with Crippen LogP contribution in [0, 0.1) is 6.92 Å². The van der Waals surface area contributed by atoms with E-state index in [0.717, 1.165) is 10.2 Å². The van der Waals surface area contributed by atoms with Gasteiger partial charge >= 0.3 is 0 Å². The van der Waals surface area contributed by atoms with Crippen LogP contribution >= 0.6 is 15.9 Å². The van der Waals surface area contributed by atoms with Gasteiger partial charge in [0.15, 0.2) is 0 Å². The van der Waals surface area contributed by atoms with Crippen LogP contribution in [0.1, 0.15) is 5.69 Å². The molecule has 4 nitrogen and oxygen atoms in total. The largest absolute Gasteiger partial charge is 0.435 e. The minimum atomic E-state index is 0.383. The Morgan fingerprint density at radius 2 is 2.06 bits per heavy atom. The molecule has 0 aliphatic heterocycles. The first-order valence-electron chi connectivity index (χ1n) is 4.66. The summed E-state index contributed by atoms with van der Waals surface area (Å²) in [5.74, 6) is 1.00. The summed E-state index contributed by atoms with van der Waals surface area (Å²) in [7, 11) is 0. The maximum atomic E-state index is 5.76. The van der Waals surface area contributed by atoms with E-state index in [9.17, 15) is 0 Å². The lowest BCUT2D eigenvalue weighted by molar-refractivity contribution is 0.463. The second-order valence-electron chi connectivity index (χ2n) is 3.29. The van der Waals surface area contributed by atoms with Gasteiger partial charge in [0.25, 0.3) is 0 Å². The van der Waals surface area contributed by atoms with Crippen molar-refractivity contribution in [3.8, 4) is 11.6 Å². The molecule has 0 bridgehead atoms. The second kappa shape index (κ2) is 4.49. The number of nitrogen functional groups attached to an aromatic ring is 1. The number of hydrogen-bond donors (Lipinski definition) is 1. The number of hydrogen-bond acceptors (Lipinski definition) is 4. The third kappa shape index (κ3) is 2.49. The number of rotatable bonds is 2. The standard InChI is InChI=1S/C11H10BrN3O/c1-7-2-3-9(6-14-7)16-11-10(13)4-8(12)5-15-11/h2-6H,13H2,1H3. The maximum Gasteiger partial charge on any atom is 0.242 e. The van der Waals surface area contributed by atoms with E-state index in [2.05, 4.69) is 25.9 Å². The summed E-state index contributed by atoms with van der Waals surface area (Å²) in [6.45, 7) is 1.91. The number of ether oxygens (including phenoxy) is 1. The van der Waals surface area contributed by atoms with Gasteiger partial charge in [-0.25, -0.2) is 4.98 Å². The third-order valence-electron chi connectivity index (χ3n) is 1.94. The van der Waals surface area contributed by atoms with Crippen molar-refractivity contribution in [2.45, 2.75) is 6.92 Å². The molecule has 0 fully saturated rings. The number of pyridine rings is 2. The Morgan fingerprint density at radius 3 is 2.69 bits per heavy atom. The first kappa shape index (κ1) is 10.9. The van der Waals surface area contributed by atoms with Gasteiger partial charge in [0.1, 0.15) is 5.75 Å². The van der Waals surface area contributed by atoms with E-state index >= 15 is 0 Å². The van der Waals surface area contributed by atoms with Gasteiger partial charge in [-0.05, 0) is 41.1 Å². The van der Waals surface area contributed by atoms with Gasteiger partial charge in [0, 0.05) is 16.4 Å². The lowest BCUT2D eigenvalue weighted by atomic mass is 10.4. The molecule has 2 aromatic heterocycles. The number of halogens is 1. The van der Waals surface area contributed by atoms with Crippen LogP contribution in [-0.2, 0) is 0 Å². The summed E-state index contributed by atoms with van der Waals surface area (Å²) < 4.78 is 6.32. The van der Waals surface area contributed by atoms with Gasteiger partial charge in [0.05, 0.1) is 11.9 Å². The number of aryl methyl sites for hydroxylation is 1. The molecular formula is C11H10BrN3O. The van der Waals surface area contributed by atoms with E-state index in [1.807, 2.05) is 19.1 Å². The number of nitrogens with two attached hydrogens (primary N) is 1. The molecule has 2 heterocycles. The van der Waals surface area contributed by atoms with Crippen LogP contribution in [0.5, 0.6) is 11.6 Å². The lowest BCUT2D eigenvalue weighted by Gasteiger charge is -2.06. The maximum absolute atomic E-state index is 5.76. The van der Waals surface area contributed by atoms with Gasteiger partial charge < -0.3 is 10.5 Å². The van der Waals surface area contributed by atoms with Crippen LogP contribution < -0.4 is 10.5 Å². The van der Waals surface area contributed by atoms with Crippen molar-refractivity contribution in [3.63, 3.8) is 0 Å². The fourth-order valence-electron chi connectivity index (χ4n) is 1.15. The van der Waals surface area contributed by atoms with E-state index in [0.29, 0.717) is 17.3 Å². The number of aromatic nitrogens is 2. The smallest absolute Gasteiger partial charge is 0.242 e. The molecule has 82 valence electrons. The van der Waals surface area contributed by atoms with Crippen molar-refractivity contribution in [1.29, 1.82) is 0 Å². The van der Waals surface area contributed by atoms with Gasteiger partial charge in [-0.2, -0.15) is 0 Å². The van der Waals surface area contributed by atoms with Gasteiger partial charge in [0.2, 0.25) is 5.88 Å². The molecule has 0 aliphatic rings. The molecule has 16 heavy (non-hydrogen) atoms. The van der Waals surface area contributed by atoms with Crippen LogP contribution in [-0.4, -0.2) is 9.97 Å². The van der Waals surface area contributed by atoms with Gasteiger partial charge in [-0.15, -0.1) is 0 Å². The zero-order valence-corrected chi connectivity index (χ0v) is 10.2. The Bertz CT molecular complexity index is 499. The molecule has 2 aromatic rings.